The van der Waals surface area contributed by atoms with Gasteiger partial charge in [0, 0.05) is 37.0 Å². The van der Waals surface area contributed by atoms with Crippen molar-refractivity contribution >= 4 is 33.7 Å². The third-order valence-electron chi connectivity index (χ3n) is 5.84. The first-order valence-electron chi connectivity index (χ1n) is 9.87. The number of hydrogen-bond acceptors (Lipinski definition) is 6. The van der Waals surface area contributed by atoms with Gasteiger partial charge in [-0.2, -0.15) is 4.31 Å². The topological polar surface area (TPSA) is 84.0 Å². The molecule has 0 aliphatic carbocycles. The highest BCUT2D eigenvalue weighted by molar-refractivity contribution is 7.98. The maximum atomic E-state index is 12.9. The van der Waals surface area contributed by atoms with Crippen LogP contribution >= 0.6 is 11.8 Å². The second-order valence-corrected chi connectivity index (χ2v) is 10.3. The van der Waals surface area contributed by atoms with Gasteiger partial charge in [0.15, 0.2) is 0 Å². The first-order valence-corrected chi connectivity index (χ1v) is 12.5. The van der Waals surface area contributed by atoms with Gasteiger partial charge in [0.25, 0.3) is 0 Å². The van der Waals surface area contributed by atoms with Crippen molar-refractivity contribution in [2.45, 2.75) is 35.5 Å². The average Bonchev–Trinajstić information content (AvgIpc) is 2.78. The summed E-state index contributed by atoms with van der Waals surface area (Å²) in [5.74, 6) is -0.417. The third kappa shape index (κ3) is 4.95. The fourth-order valence-electron chi connectivity index (χ4n) is 4.00. The molecule has 0 saturated carbocycles. The molecule has 1 aromatic carbocycles. The summed E-state index contributed by atoms with van der Waals surface area (Å²) in [7, 11) is -2.15. The molecule has 0 N–H and O–H groups in total. The Kier molecular flexibility index (Phi) is 7.23. The van der Waals surface area contributed by atoms with Gasteiger partial charge in [-0.3, -0.25) is 9.59 Å². The van der Waals surface area contributed by atoms with Crippen molar-refractivity contribution in [1.29, 1.82) is 0 Å². The van der Waals surface area contributed by atoms with Gasteiger partial charge in [0.05, 0.1) is 17.9 Å². The van der Waals surface area contributed by atoms with E-state index >= 15 is 0 Å². The van der Waals surface area contributed by atoms with Crippen LogP contribution in [0.25, 0.3) is 0 Å². The number of nitrogens with zero attached hydrogens (tertiary/aromatic N) is 2. The highest BCUT2D eigenvalue weighted by Gasteiger charge is 2.35. The predicted molar refractivity (Wildman–Crippen MR) is 111 cm³/mol. The van der Waals surface area contributed by atoms with E-state index in [4.69, 9.17) is 4.74 Å². The zero-order valence-corrected chi connectivity index (χ0v) is 18.5. The maximum absolute atomic E-state index is 12.9. The van der Waals surface area contributed by atoms with Crippen LogP contribution in [0.1, 0.15) is 25.7 Å². The Balaban J connectivity index is 1.54. The van der Waals surface area contributed by atoms with Gasteiger partial charge in [-0.1, -0.05) is 0 Å². The van der Waals surface area contributed by atoms with Crippen molar-refractivity contribution in [1.82, 2.24) is 9.21 Å². The van der Waals surface area contributed by atoms with E-state index in [0.717, 1.165) is 4.90 Å². The molecule has 29 heavy (non-hydrogen) atoms. The summed E-state index contributed by atoms with van der Waals surface area (Å²) in [6.45, 7) is 1.81. The number of carbonyl (C=O) groups is 2. The number of ether oxygens (including phenoxy) is 1. The molecule has 2 aliphatic heterocycles. The summed E-state index contributed by atoms with van der Waals surface area (Å²) < 4.78 is 32.0. The van der Waals surface area contributed by atoms with Gasteiger partial charge in [-0.25, -0.2) is 8.42 Å². The molecule has 0 radical (unpaired) electrons. The zero-order valence-electron chi connectivity index (χ0n) is 16.9. The zero-order chi connectivity index (χ0) is 21.0. The number of piperidine rings is 2. The Bertz CT molecular complexity index is 825. The van der Waals surface area contributed by atoms with E-state index in [1.165, 1.54) is 11.4 Å². The Labute approximate surface area is 176 Å². The van der Waals surface area contributed by atoms with Crippen LogP contribution in [-0.4, -0.2) is 69.0 Å². The lowest BCUT2D eigenvalue weighted by Gasteiger charge is -2.36. The lowest BCUT2D eigenvalue weighted by molar-refractivity contribution is -0.149. The molecule has 0 spiro atoms. The van der Waals surface area contributed by atoms with Crippen LogP contribution in [0, 0.1) is 11.8 Å². The molecule has 7 nitrogen and oxygen atoms in total. The quantitative estimate of drug-likeness (QED) is 0.516. The van der Waals surface area contributed by atoms with E-state index in [0.29, 0.717) is 56.8 Å². The molecule has 2 fully saturated rings. The number of carbonyl (C=O) groups excluding carboxylic acids is 2. The smallest absolute Gasteiger partial charge is 0.308 e. The van der Waals surface area contributed by atoms with Gasteiger partial charge < -0.3 is 9.64 Å². The number of methoxy groups -OCH3 is 1. The van der Waals surface area contributed by atoms with Crippen LogP contribution in [-0.2, 0) is 24.3 Å². The number of amides is 1. The van der Waals surface area contributed by atoms with Gasteiger partial charge >= 0.3 is 5.97 Å². The van der Waals surface area contributed by atoms with E-state index in [-0.39, 0.29) is 23.7 Å². The minimum atomic E-state index is -3.53. The molecule has 0 unspecified atom stereocenters. The van der Waals surface area contributed by atoms with Crippen LogP contribution in [0.2, 0.25) is 0 Å². The van der Waals surface area contributed by atoms with Crippen LogP contribution < -0.4 is 0 Å². The number of benzene rings is 1. The number of likely N-dealkylation sites (tertiary alicyclic amines) is 1. The standard InChI is InChI=1S/C20H28N2O5S2/c1-27-20(24)16-7-11-21(12-8-16)19(23)15-9-13-22(14-10-15)29(25,26)18-5-3-17(28-2)4-6-18/h3-6,15-16H,7-14H2,1-2H3. The van der Waals surface area contributed by atoms with Gasteiger partial charge in [-0.05, 0) is 56.2 Å². The second-order valence-electron chi connectivity index (χ2n) is 7.48. The minimum Gasteiger partial charge on any atom is -0.469 e. The molecule has 9 heteroatoms. The third-order valence-corrected chi connectivity index (χ3v) is 8.50. The molecule has 160 valence electrons. The number of hydrogen-bond donors (Lipinski definition) is 0. The number of thioether (sulfide) groups is 1. The Hall–Kier alpha value is -1.58. The molecule has 2 aliphatic rings. The summed E-state index contributed by atoms with van der Waals surface area (Å²) in [5, 5.41) is 0. The molecule has 0 aromatic heterocycles. The first kappa shape index (κ1) is 22.1. The average molecular weight is 441 g/mol. The number of sulfonamides is 1. The van der Waals surface area contributed by atoms with Crippen LogP contribution in [0.4, 0.5) is 0 Å². The molecule has 3 rings (SSSR count). The van der Waals surface area contributed by atoms with Gasteiger partial charge in [0.1, 0.15) is 0 Å². The summed E-state index contributed by atoms with van der Waals surface area (Å²) >= 11 is 1.57. The molecule has 1 amide bonds. The lowest BCUT2D eigenvalue weighted by Crippen LogP contribution is -2.47. The summed E-state index contributed by atoms with van der Waals surface area (Å²) in [5.41, 5.74) is 0. The lowest BCUT2D eigenvalue weighted by atomic mass is 9.92. The van der Waals surface area contributed by atoms with Crippen molar-refractivity contribution in [3.8, 4) is 0 Å². The number of rotatable bonds is 5. The Morgan fingerprint density at radius 2 is 1.52 bits per heavy atom. The first-order chi connectivity index (χ1) is 13.9. The highest BCUT2D eigenvalue weighted by atomic mass is 32.2. The van der Waals surface area contributed by atoms with E-state index < -0.39 is 10.0 Å². The van der Waals surface area contributed by atoms with E-state index in [1.54, 1.807) is 23.9 Å². The fraction of sp³-hybridized carbons (Fsp3) is 0.600. The van der Waals surface area contributed by atoms with Crippen LogP contribution in [0.3, 0.4) is 0 Å². The van der Waals surface area contributed by atoms with Crippen molar-refractivity contribution in [3.63, 3.8) is 0 Å². The van der Waals surface area contributed by atoms with Gasteiger partial charge in [0.2, 0.25) is 15.9 Å². The van der Waals surface area contributed by atoms with Crippen molar-refractivity contribution in [3.05, 3.63) is 24.3 Å². The van der Waals surface area contributed by atoms with Crippen molar-refractivity contribution in [2.75, 3.05) is 39.5 Å². The van der Waals surface area contributed by atoms with Crippen LogP contribution in [0.5, 0.6) is 0 Å². The Morgan fingerprint density at radius 1 is 0.966 bits per heavy atom. The largest absolute Gasteiger partial charge is 0.469 e. The van der Waals surface area contributed by atoms with E-state index in [1.807, 2.05) is 23.3 Å². The molecule has 0 atom stereocenters. The number of esters is 1. The normalized spacial score (nSPS) is 19.9. The summed E-state index contributed by atoms with van der Waals surface area (Å²) in [4.78, 5) is 27.6. The molecule has 1 aromatic rings. The van der Waals surface area contributed by atoms with Crippen LogP contribution in [0.15, 0.2) is 34.1 Å². The summed E-state index contributed by atoms with van der Waals surface area (Å²) in [6.07, 6.45) is 4.24. The SMILES string of the molecule is COC(=O)C1CCN(C(=O)C2CCN(S(=O)(=O)c3ccc(SC)cc3)CC2)CC1. The monoisotopic (exact) mass is 440 g/mol. The fourth-order valence-corrected chi connectivity index (χ4v) is 5.88. The van der Waals surface area contributed by atoms with E-state index in [2.05, 4.69) is 0 Å². The molecular weight excluding hydrogens is 412 g/mol. The van der Waals surface area contributed by atoms with Gasteiger partial charge in [-0.15, -0.1) is 11.8 Å². The molecule has 0 bridgehead atoms. The maximum Gasteiger partial charge on any atom is 0.308 e. The molecule has 2 heterocycles. The van der Waals surface area contributed by atoms with Crippen molar-refractivity contribution < 1.29 is 22.7 Å². The highest BCUT2D eigenvalue weighted by Crippen LogP contribution is 2.28. The predicted octanol–water partition coefficient (Wildman–Crippen LogP) is 2.22. The summed E-state index contributed by atoms with van der Waals surface area (Å²) in [6, 6.07) is 6.91. The van der Waals surface area contributed by atoms with Crippen molar-refractivity contribution in [2.24, 2.45) is 11.8 Å². The Morgan fingerprint density at radius 3 is 2.03 bits per heavy atom. The minimum absolute atomic E-state index is 0.0784. The molecular formula is C20H28N2O5S2. The van der Waals surface area contributed by atoms with E-state index in [9.17, 15) is 18.0 Å². The second kappa shape index (κ2) is 9.49. The molecule has 2 saturated heterocycles.